The monoisotopic (exact) mass is 424 g/mol. The lowest BCUT2D eigenvalue weighted by Gasteiger charge is -2.21. The topological polar surface area (TPSA) is 93.2 Å². The van der Waals surface area contributed by atoms with Crippen molar-refractivity contribution in [3.8, 4) is 16.3 Å². The largest absolute Gasteiger partial charge is 0.497 e. The van der Waals surface area contributed by atoms with Crippen LogP contribution in [0.4, 0.5) is 5.13 Å². The number of aryl methyl sites for hydroxylation is 1. The molecule has 0 saturated heterocycles. The van der Waals surface area contributed by atoms with Crippen molar-refractivity contribution in [1.29, 1.82) is 0 Å². The second-order valence-electron chi connectivity index (χ2n) is 7.19. The van der Waals surface area contributed by atoms with Gasteiger partial charge in [-0.3, -0.25) is 14.9 Å². The van der Waals surface area contributed by atoms with Crippen LogP contribution in [0.1, 0.15) is 29.8 Å². The van der Waals surface area contributed by atoms with Gasteiger partial charge in [0, 0.05) is 11.1 Å². The van der Waals surface area contributed by atoms with E-state index in [1.54, 1.807) is 31.4 Å². The third-order valence-corrected chi connectivity index (χ3v) is 5.43. The van der Waals surface area contributed by atoms with E-state index in [0.29, 0.717) is 21.5 Å². The summed E-state index contributed by atoms with van der Waals surface area (Å²) in [7, 11) is 1.56. The molecule has 2 N–H and O–H groups in total. The first-order chi connectivity index (χ1) is 14.4. The summed E-state index contributed by atoms with van der Waals surface area (Å²) in [6, 6.07) is 13.9. The van der Waals surface area contributed by atoms with Crippen LogP contribution in [0.2, 0.25) is 0 Å². The van der Waals surface area contributed by atoms with Gasteiger partial charge >= 0.3 is 0 Å². The molecular formula is C22H24N4O3S. The van der Waals surface area contributed by atoms with Crippen LogP contribution < -0.4 is 15.4 Å². The van der Waals surface area contributed by atoms with Crippen molar-refractivity contribution in [2.24, 2.45) is 5.92 Å². The Balaban J connectivity index is 1.68. The van der Waals surface area contributed by atoms with Gasteiger partial charge in [-0.05, 0) is 37.1 Å². The lowest BCUT2D eigenvalue weighted by atomic mass is 10.0. The summed E-state index contributed by atoms with van der Waals surface area (Å²) >= 11 is 1.29. The first-order valence-corrected chi connectivity index (χ1v) is 10.4. The number of benzene rings is 2. The van der Waals surface area contributed by atoms with Crippen LogP contribution in [-0.2, 0) is 4.79 Å². The minimum Gasteiger partial charge on any atom is -0.497 e. The zero-order chi connectivity index (χ0) is 21.7. The van der Waals surface area contributed by atoms with Crippen LogP contribution in [0.25, 0.3) is 10.6 Å². The molecule has 0 saturated carbocycles. The number of carbonyl (C=O) groups is 2. The number of hydrogen-bond acceptors (Lipinski definition) is 6. The van der Waals surface area contributed by atoms with Crippen LogP contribution in [-0.4, -0.2) is 35.2 Å². The van der Waals surface area contributed by atoms with E-state index in [9.17, 15) is 9.59 Å². The van der Waals surface area contributed by atoms with Gasteiger partial charge in [0.25, 0.3) is 5.91 Å². The Morgan fingerprint density at radius 3 is 2.27 bits per heavy atom. The number of hydrogen-bond donors (Lipinski definition) is 2. The summed E-state index contributed by atoms with van der Waals surface area (Å²) in [6.45, 7) is 5.76. The molecule has 156 valence electrons. The highest BCUT2D eigenvalue weighted by atomic mass is 32.1. The van der Waals surface area contributed by atoms with Crippen molar-refractivity contribution in [3.63, 3.8) is 0 Å². The van der Waals surface area contributed by atoms with Gasteiger partial charge < -0.3 is 10.1 Å². The molecule has 3 aromatic rings. The number of rotatable bonds is 7. The van der Waals surface area contributed by atoms with Gasteiger partial charge in [-0.1, -0.05) is 55.0 Å². The van der Waals surface area contributed by atoms with E-state index in [1.165, 1.54) is 11.3 Å². The average Bonchev–Trinajstić information content (AvgIpc) is 3.20. The maximum atomic E-state index is 12.8. The number of nitrogens with zero attached hydrogens (tertiary/aromatic N) is 2. The number of anilines is 1. The normalized spacial score (nSPS) is 11.8. The molecule has 8 heteroatoms. The highest BCUT2D eigenvalue weighted by molar-refractivity contribution is 7.18. The summed E-state index contributed by atoms with van der Waals surface area (Å²) < 4.78 is 5.11. The summed E-state index contributed by atoms with van der Waals surface area (Å²) in [5.41, 5.74) is 2.54. The highest BCUT2D eigenvalue weighted by Crippen LogP contribution is 2.26. The molecule has 0 fully saturated rings. The molecule has 1 aromatic heterocycles. The molecule has 0 aliphatic rings. The molecule has 30 heavy (non-hydrogen) atoms. The minimum atomic E-state index is -0.716. The molecule has 0 bridgehead atoms. The van der Waals surface area contributed by atoms with E-state index >= 15 is 0 Å². The Kier molecular flexibility index (Phi) is 6.79. The number of amides is 2. The molecule has 1 heterocycles. The predicted octanol–water partition coefficient (Wildman–Crippen LogP) is 3.92. The fraction of sp³-hybridized carbons (Fsp3) is 0.273. The van der Waals surface area contributed by atoms with Crippen molar-refractivity contribution in [1.82, 2.24) is 15.5 Å². The van der Waals surface area contributed by atoms with E-state index in [1.807, 2.05) is 45.0 Å². The maximum absolute atomic E-state index is 12.8. The minimum absolute atomic E-state index is 0.114. The zero-order valence-electron chi connectivity index (χ0n) is 17.3. The first kappa shape index (κ1) is 21.4. The summed E-state index contributed by atoms with van der Waals surface area (Å²) in [4.78, 5) is 25.4. The Morgan fingerprint density at radius 1 is 1.00 bits per heavy atom. The lowest BCUT2D eigenvalue weighted by Crippen LogP contribution is -2.47. The van der Waals surface area contributed by atoms with Crippen LogP contribution in [0, 0.1) is 12.8 Å². The molecule has 0 radical (unpaired) electrons. The van der Waals surface area contributed by atoms with Gasteiger partial charge in [0.1, 0.15) is 16.8 Å². The number of carbonyl (C=O) groups excluding carboxylic acids is 2. The molecule has 3 rings (SSSR count). The van der Waals surface area contributed by atoms with Crippen molar-refractivity contribution in [2.75, 3.05) is 12.4 Å². The molecule has 0 aliphatic carbocycles. The Hall–Kier alpha value is -3.26. The quantitative estimate of drug-likeness (QED) is 0.600. The standard InChI is InChI=1S/C22H24N4O3S/c1-13(2)18(23-19(27)15-9-11-17(29-4)12-10-15)20(28)24-22-26-25-21(30-22)16-7-5-14(3)6-8-16/h5-13,18H,1-4H3,(H,23,27)(H,24,26,28). The SMILES string of the molecule is COc1ccc(C(=O)NC(C(=O)Nc2nnc(-c3ccc(C)cc3)s2)C(C)C)cc1. The van der Waals surface area contributed by atoms with Crippen LogP contribution in [0.15, 0.2) is 48.5 Å². The lowest BCUT2D eigenvalue weighted by molar-refractivity contribution is -0.118. The second kappa shape index (κ2) is 9.49. The fourth-order valence-electron chi connectivity index (χ4n) is 2.77. The number of methoxy groups -OCH3 is 1. The van der Waals surface area contributed by atoms with Gasteiger partial charge in [-0.2, -0.15) is 0 Å². The van der Waals surface area contributed by atoms with Crippen molar-refractivity contribution in [2.45, 2.75) is 26.8 Å². The molecule has 0 spiro atoms. The van der Waals surface area contributed by atoms with Gasteiger partial charge in [-0.25, -0.2) is 0 Å². The van der Waals surface area contributed by atoms with Crippen molar-refractivity contribution < 1.29 is 14.3 Å². The third kappa shape index (κ3) is 5.21. The summed E-state index contributed by atoms with van der Waals surface area (Å²) in [5, 5.41) is 14.9. The smallest absolute Gasteiger partial charge is 0.251 e. The number of ether oxygens (including phenoxy) is 1. The van der Waals surface area contributed by atoms with Gasteiger partial charge in [-0.15, -0.1) is 10.2 Å². The first-order valence-electron chi connectivity index (χ1n) is 9.53. The maximum Gasteiger partial charge on any atom is 0.251 e. The van der Waals surface area contributed by atoms with Gasteiger partial charge in [0.05, 0.1) is 7.11 Å². The zero-order valence-corrected chi connectivity index (χ0v) is 18.1. The molecule has 7 nitrogen and oxygen atoms in total. The highest BCUT2D eigenvalue weighted by Gasteiger charge is 2.26. The van der Waals surface area contributed by atoms with E-state index in [0.717, 1.165) is 11.1 Å². The van der Waals surface area contributed by atoms with E-state index in [2.05, 4.69) is 20.8 Å². The number of aromatic nitrogens is 2. The van der Waals surface area contributed by atoms with Gasteiger partial charge in [0.2, 0.25) is 11.0 Å². The average molecular weight is 425 g/mol. The molecule has 1 unspecified atom stereocenters. The molecule has 0 aliphatic heterocycles. The Bertz CT molecular complexity index is 1010. The fourth-order valence-corrected chi connectivity index (χ4v) is 3.52. The van der Waals surface area contributed by atoms with Crippen LogP contribution in [0.3, 0.4) is 0 Å². The molecule has 1 atom stereocenters. The third-order valence-electron chi connectivity index (χ3n) is 4.54. The predicted molar refractivity (Wildman–Crippen MR) is 118 cm³/mol. The van der Waals surface area contributed by atoms with Gasteiger partial charge in [0.15, 0.2) is 0 Å². The Morgan fingerprint density at radius 2 is 1.67 bits per heavy atom. The van der Waals surface area contributed by atoms with Crippen molar-refractivity contribution in [3.05, 3.63) is 59.7 Å². The van der Waals surface area contributed by atoms with Crippen LogP contribution in [0.5, 0.6) is 5.75 Å². The number of nitrogens with one attached hydrogen (secondary N) is 2. The Labute approximate surface area is 179 Å². The van der Waals surface area contributed by atoms with Crippen molar-refractivity contribution >= 4 is 28.3 Å². The van der Waals surface area contributed by atoms with E-state index in [4.69, 9.17) is 4.74 Å². The molecule has 2 amide bonds. The molecular weight excluding hydrogens is 400 g/mol. The summed E-state index contributed by atoms with van der Waals surface area (Å²) in [5.74, 6) is -0.121. The second-order valence-corrected chi connectivity index (χ2v) is 8.17. The molecule has 2 aromatic carbocycles. The van der Waals surface area contributed by atoms with E-state index < -0.39 is 6.04 Å². The summed E-state index contributed by atoms with van der Waals surface area (Å²) in [6.07, 6.45) is 0. The van der Waals surface area contributed by atoms with E-state index in [-0.39, 0.29) is 17.7 Å². The van der Waals surface area contributed by atoms with Crippen LogP contribution >= 0.6 is 11.3 Å².